The van der Waals surface area contributed by atoms with Crippen molar-refractivity contribution in [3.8, 4) is 11.5 Å². The highest BCUT2D eigenvalue weighted by atomic mass is 19.4. The molecule has 2 rings (SSSR count). The number of hydrogen-bond donors (Lipinski definition) is 0. The zero-order valence-corrected chi connectivity index (χ0v) is 14.9. The van der Waals surface area contributed by atoms with Gasteiger partial charge in [-0.1, -0.05) is 12.1 Å². The van der Waals surface area contributed by atoms with E-state index in [-0.39, 0.29) is 12.4 Å². The second-order valence-electron chi connectivity index (χ2n) is 6.70. The van der Waals surface area contributed by atoms with E-state index in [4.69, 9.17) is 9.47 Å². The van der Waals surface area contributed by atoms with Crippen molar-refractivity contribution in [3.63, 3.8) is 0 Å². The lowest BCUT2D eigenvalue weighted by molar-refractivity contribution is -0.137. The third-order valence-corrected chi connectivity index (χ3v) is 3.58. The molecule has 0 heterocycles. The average molecular weight is 366 g/mol. The molecular formula is C20H21F3O3. The van der Waals surface area contributed by atoms with E-state index in [1.54, 1.807) is 24.3 Å². The third-order valence-electron chi connectivity index (χ3n) is 3.58. The van der Waals surface area contributed by atoms with Crippen molar-refractivity contribution in [2.75, 3.05) is 0 Å². The Kier molecular flexibility index (Phi) is 5.95. The van der Waals surface area contributed by atoms with Crippen LogP contribution in [0.3, 0.4) is 0 Å². The lowest BCUT2D eigenvalue weighted by Gasteiger charge is -2.25. The molecular weight excluding hydrogens is 345 g/mol. The molecule has 2 aromatic carbocycles. The van der Waals surface area contributed by atoms with E-state index in [0.29, 0.717) is 23.5 Å². The first-order chi connectivity index (χ1) is 12.0. The van der Waals surface area contributed by atoms with E-state index in [1.807, 2.05) is 13.8 Å². The number of halogens is 3. The van der Waals surface area contributed by atoms with Crippen LogP contribution in [0.25, 0.3) is 0 Å². The number of ketones is 1. The van der Waals surface area contributed by atoms with Gasteiger partial charge in [0.05, 0.1) is 5.56 Å². The normalized spacial score (nSPS) is 11.9. The lowest BCUT2D eigenvalue weighted by atomic mass is 10.0. The van der Waals surface area contributed by atoms with Crippen molar-refractivity contribution in [1.29, 1.82) is 0 Å². The van der Waals surface area contributed by atoms with Crippen LogP contribution in [-0.2, 0) is 17.6 Å². The van der Waals surface area contributed by atoms with Gasteiger partial charge in [0.1, 0.15) is 29.5 Å². The predicted molar refractivity (Wildman–Crippen MR) is 92.2 cm³/mol. The van der Waals surface area contributed by atoms with Crippen molar-refractivity contribution >= 4 is 5.78 Å². The fourth-order valence-corrected chi connectivity index (χ4v) is 2.52. The standard InChI is InChI=1S/C20H21F3O3/c1-14(24)12-19(2,3)26-18-10-8-17(9-11-18)25-13-15-4-6-16(7-5-15)20(21,22)23/h4-11H,12-13H2,1-3H3. The van der Waals surface area contributed by atoms with Crippen molar-refractivity contribution in [2.24, 2.45) is 0 Å². The summed E-state index contributed by atoms with van der Waals surface area (Å²) in [6.45, 7) is 5.35. The molecule has 0 spiro atoms. The van der Waals surface area contributed by atoms with Crippen LogP contribution >= 0.6 is 0 Å². The minimum Gasteiger partial charge on any atom is -0.489 e. The third kappa shape index (κ3) is 6.10. The van der Waals surface area contributed by atoms with Gasteiger partial charge in [-0.25, -0.2) is 0 Å². The number of alkyl halides is 3. The minimum atomic E-state index is -4.34. The van der Waals surface area contributed by atoms with Crippen molar-refractivity contribution < 1.29 is 27.4 Å². The molecule has 0 aromatic heterocycles. The smallest absolute Gasteiger partial charge is 0.416 e. The van der Waals surface area contributed by atoms with Crippen LogP contribution in [0.2, 0.25) is 0 Å². The van der Waals surface area contributed by atoms with Gasteiger partial charge in [0.15, 0.2) is 0 Å². The molecule has 0 aliphatic carbocycles. The Bertz CT molecular complexity index is 732. The van der Waals surface area contributed by atoms with Crippen molar-refractivity contribution in [3.05, 3.63) is 59.7 Å². The fourth-order valence-electron chi connectivity index (χ4n) is 2.52. The molecule has 3 nitrogen and oxygen atoms in total. The van der Waals surface area contributed by atoms with Crippen molar-refractivity contribution in [1.82, 2.24) is 0 Å². The Morgan fingerprint density at radius 3 is 1.96 bits per heavy atom. The monoisotopic (exact) mass is 366 g/mol. The Hall–Kier alpha value is -2.50. The summed E-state index contributed by atoms with van der Waals surface area (Å²) in [5.74, 6) is 1.23. The van der Waals surface area contributed by atoms with E-state index in [1.165, 1.54) is 19.1 Å². The summed E-state index contributed by atoms with van der Waals surface area (Å²) < 4.78 is 49.0. The molecule has 0 atom stereocenters. The molecule has 0 N–H and O–H groups in total. The molecule has 0 aliphatic rings. The molecule has 0 bridgehead atoms. The average Bonchev–Trinajstić information content (AvgIpc) is 2.52. The summed E-state index contributed by atoms with van der Waals surface area (Å²) in [6.07, 6.45) is -4.04. The summed E-state index contributed by atoms with van der Waals surface area (Å²) >= 11 is 0. The highest BCUT2D eigenvalue weighted by Gasteiger charge is 2.29. The maximum atomic E-state index is 12.5. The second-order valence-corrected chi connectivity index (χ2v) is 6.70. The minimum absolute atomic E-state index is 0.0477. The van der Waals surface area contributed by atoms with E-state index < -0.39 is 17.3 Å². The molecule has 6 heteroatoms. The highest BCUT2D eigenvalue weighted by molar-refractivity contribution is 5.76. The predicted octanol–water partition coefficient (Wildman–Crippen LogP) is 5.42. The number of rotatable bonds is 7. The van der Waals surface area contributed by atoms with E-state index in [0.717, 1.165) is 12.1 Å². The zero-order valence-electron chi connectivity index (χ0n) is 14.9. The van der Waals surface area contributed by atoms with E-state index >= 15 is 0 Å². The van der Waals surface area contributed by atoms with Gasteiger partial charge in [0.2, 0.25) is 0 Å². The van der Waals surface area contributed by atoms with Gasteiger partial charge >= 0.3 is 6.18 Å². The molecule has 2 aromatic rings. The molecule has 0 amide bonds. The van der Waals surface area contributed by atoms with Gasteiger partial charge in [-0.05, 0) is 62.7 Å². The summed E-state index contributed by atoms with van der Waals surface area (Å²) in [7, 11) is 0. The molecule has 140 valence electrons. The van der Waals surface area contributed by atoms with Crippen LogP contribution in [0.4, 0.5) is 13.2 Å². The lowest BCUT2D eigenvalue weighted by Crippen LogP contribution is -2.30. The van der Waals surface area contributed by atoms with Crippen LogP contribution in [-0.4, -0.2) is 11.4 Å². The largest absolute Gasteiger partial charge is 0.489 e. The Morgan fingerprint density at radius 1 is 0.923 bits per heavy atom. The van der Waals surface area contributed by atoms with Crippen LogP contribution in [0.5, 0.6) is 11.5 Å². The first-order valence-electron chi connectivity index (χ1n) is 8.13. The molecule has 0 aliphatic heterocycles. The van der Waals surface area contributed by atoms with Gasteiger partial charge in [-0.3, -0.25) is 4.79 Å². The molecule has 0 fully saturated rings. The summed E-state index contributed by atoms with van der Waals surface area (Å²) in [5, 5.41) is 0. The van der Waals surface area contributed by atoms with E-state index in [2.05, 4.69) is 0 Å². The van der Waals surface area contributed by atoms with Gasteiger partial charge < -0.3 is 9.47 Å². The van der Waals surface area contributed by atoms with E-state index in [9.17, 15) is 18.0 Å². The maximum Gasteiger partial charge on any atom is 0.416 e. The highest BCUT2D eigenvalue weighted by Crippen LogP contribution is 2.29. The Balaban J connectivity index is 1.92. The topological polar surface area (TPSA) is 35.5 Å². The number of carbonyl (C=O) groups is 1. The molecule has 0 saturated carbocycles. The quantitative estimate of drug-likeness (QED) is 0.656. The van der Waals surface area contributed by atoms with Crippen LogP contribution in [0, 0.1) is 0 Å². The SMILES string of the molecule is CC(=O)CC(C)(C)Oc1ccc(OCc2ccc(C(F)(F)F)cc2)cc1. The Morgan fingerprint density at radius 2 is 1.46 bits per heavy atom. The van der Waals surface area contributed by atoms with Gasteiger partial charge in [-0.2, -0.15) is 13.2 Å². The van der Waals surface area contributed by atoms with Crippen molar-refractivity contribution in [2.45, 2.75) is 45.6 Å². The van der Waals surface area contributed by atoms with Crippen LogP contribution in [0.1, 0.15) is 38.3 Å². The van der Waals surface area contributed by atoms with Crippen LogP contribution in [0.15, 0.2) is 48.5 Å². The van der Waals surface area contributed by atoms with Gasteiger partial charge in [-0.15, -0.1) is 0 Å². The number of ether oxygens (including phenoxy) is 2. The summed E-state index contributed by atoms with van der Waals surface area (Å²) in [6, 6.07) is 11.7. The fraction of sp³-hybridized carbons (Fsp3) is 0.350. The first kappa shape index (κ1) is 19.8. The second kappa shape index (κ2) is 7.81. The number of carbonyl (C=O) groups excluding carboxylic acids is 1. The number of benzene rings is 2. The number of hydrogen-bond acceptors (Lipinski definition) is 3. The summed E-state index contributed by atoms with van der Waals surface area (Å²) in [4.78, 5) is 11.2. The first-order valence-corrected chi connectivity index (χ1v) is 8.13. The van der Waals surface area contributed by atoms with Gasteiger partial charge in [0.25, 0.3) is 0 Å². The molecule has 26 heavy (non-hydrogen) atoms. The summed E-state index contributed by atoms with van der Waals surface area (Å²) in [5.41, 5.74) is -0.647. The molecule has 0 radical (unpaired) electrons. The number of Topliss-reactive ketones (excluding diaryl/α,β-unsaturated/α-hetero) is 1. The molecule has 0 saturated heterocycles. The maximum absolute atomic E-state index is 12.5. The zero-order chi connectivity index (χ0) is 19.4. The van der Waals surface area contributed by atoms with Crippen LogP contribution < -0.4 is 9.47 Å². The molecule has 0 unspecified atom stereocenters. The Labute approximate surface area is 150 Å². The van der Waals surface area contributed by atoms with Gasteiger partial charge in [0, 0.05) is 6.42 Å².